The minimum Gasteiger partial charge on any atom is -0.350 e. The van der Waals surface area contributed by atoms with Crippen molar-refractivity contribution in [3.8, 4) is 0 Å². The first-order valence-electron chi connectivity index (χ1n) is 8.13. The second-order valence-electron chi connectivity index (χ2n) is 6.52. The van der Waals surface area contributed by atoms with E-state index in [1.54, 1.807) is 19.1 Å². The van der Waals surface area contributed by atoms with Gasteiger partial charge in [0.05, 0.1) is 0 Å². The molecule has 5 heteroatoms. The number of aromatic amines is 1. The maximum Gasteiger partial charge on any atom is 0.260 e. The fourth-order valence-electron chi connectivity index (χ4n) is 3.33. The molecule has 0 aromatic carbocycles. The zero-order chi connectivity index (χ0) is 16.1. The van der Waals surface area contributed by atoms with Gasteiger partial charge in [0.25, 0.3) is 11.5 Å². The number of rotatable bonds is 5. The first-order valence-corrected chi connectivity index (χ1v) is 8.13. The lowest BCUT2D eigenvalue weighted by Crippen LogP contribution is -2.46. The van der Waals surface area contributed by atoms with Crippen LogP contribution in [0, 0.1) is 12.8 Å². The Morgan fingerprint density at radius 2 is 2.00 bits per heavy atom. The van der Waals surface area contributed by atoms with Gasteiger partial charge in [0.2, 0.25) is 0 Å². The second-order valence-corrected chi connectivity index (χ2v) is 6.52. The van der Waals surface area contributed by atoms with E-state index in [1.165, 1.54) is 32.1 Å². The Hall–Kier alpha value is -1.62. The van der Waals surface area contributed by atoms with Gasteiger partial charge in [-0.2, -0.15) is 0 Å². The Labute approximate surface area is 132 Å². The minimum absolute atomic E-state index is 0.187. The lowest BCUT2D eigenvalue weighted by molar-refractivity contribution is 0.0920. The number of pyridine rings is 1. The van der Waals surface area contributed by atoms with Crippen molar-refractivity contribution in [2.75, 3.05) is 20.6 Å². The molecule has 1 aliphatic rings. The van der Waals surface area contributed by atoms with Gasteiger partial charge in [-0.3, -0.25) is 9.59 Å². The van der Waals surface area contributed by atoms with E-state index in [0.29, 0.717) is 18.5 Å². The first-order chi connectivity index (χ1) is 10.5. The third kappa shape index (κ3) is 4.19. The van der Waals surface area contributed by atoms with Crippen molar-refractivity contribution in [1.29, 1.82) is 0 Å². The number of hydrogen-bond acceptors (Lipinski definition) is 3. The molecule has 1 aromatic heterocycles. The van der Waals surface area contributed by atoms with Crippen molar-refractivity contribution in [3.63, 3.8) is 0 Å². The van der Waals surface area contributed by atoms with Crippen molar-refractivity contribution in [2.24, 2.45) is 5.92 Å². The van der Waals surface area contributed by atoms with Gasteiger partial charge in [-0.15, -0.1) is 0 Å². The smallest absolute Gasteiger partial charge is 0.260 e. The van der Waals surface area contributed by atoms with Crippen molar-refractivity contribution in [2.45, 2.75) is 45.1 Å². The molecule has 5 nitrogen and oxygen atoms in total. The summed E-state index contributed by atoms with van der Waals surface area (Å²) in [5, 5.41) is 2.94. The molecule has 1 aliphatic carbocycles. The van der Waals surface area contributed by atoms with Crippen LogP contribution in [0.2, 0.25) is 0 Å². The molecule has 122 valence electrons. The van der Waals surface area contributed by atoms with E-state index in [2.05, 4.69) is 29.3 Å². The molecule has 0 unspecified atom stereocenters. The Kier molecular flexibility index (Phi) is 5.77. The fraction of sp³-hybridized carbons (Fsp3) is 0.647. The molecule has 22 heavy (non-hydrogen) atoms. The van der Waals surface area contributed by atoms with E-state index in [4.69, 9.17) is 0 Å². The van der Waals surface area contributed by atoms with Gasteiger partial charge in [0.1, 0.15) is 5.56 Å². The highest BCUT2D eigenvalue weighted by Crippen LogP contribution is 2.28. The zero-order valence-electron chi connectivity index (χ0n) is 13.8. The Morgan fingerprint density at radius 1 is 1.32 bits per heavy atom. The molecule has 2 N–H and O–H groups in total. The topological polar surface area (TPSA) is 65.2 Å². The molecule has 1 atom stereocenters. The van der Waals surface area contributed by atoms with Crippen molar-refractivity contribution < 1.29 is 4.79 Å². The van der Waals surface area contributed by atoms with Crippen molar-refractivity contribution in [3.05, 3.63) is 33.7 Å². The monoisotopic (exact) mass is 305 g/mol. The van der Waals surface area contributed by atoms with Crippen LogP contribution in [0.1, 0.15) is 48.2 Å². The highest BCUT2D eigenvalue weighted by atomic mass is 16.2. The normalized spacial score (nSPS) is 17.5. The Morgan fingerprint density at radius 3 is 2.59 bits per heavy atom. The zero-order valence-corrected chi connectivity index (χ0v) is 13.8. The van der Waals surface area contributed by atoms with Gasteiger partial charge >= 0.3 is 0 Å². The molecule has 2 rings (SSSR count). The molecule has 0 radical (unpaired) electrons. The summed E-state index contributed by atoms with van der Waals surface area (Å²) in [4.78, 5) is 28.9. The third-order valence-corrected chi connectivity index (χ3v) is 4.63. The molecule has 0 spiro atoms. The average Bonchev–Trinajstić information content (AvgIpc) is 2.48. The van der Waals surface area contributed by atoms with E-state index in [-0.39, 0.29) is 17.0 Å². The van der Waals surface area contributed by atoms with Crippen LogP contribution in [0.3, 0.4) is 0 Å². The predicted octanol–water partition coefficient (Wildman–Crippen LogP) is 1.92. The van der Waals surface area contributed by atoms with Crippen LogP contribution in [0.4, 0.5) is 0 Å². The predicted molar refractivity (Wildman–Crippen MR) is 88.2 cm³/mol. The van der Waals surface area contributed by atoms with Crippen LogP contribution >= 0.6 is 0 Å². The average molecular weight is 305 g/mol. The summed E-state index contributed by atoms with van der Waals surface area (Å²) < 4.78 is 0. The lowest BCUT2D eigenvalue weighted by Gasteiger charge is -2.34. The molecule has 1 aromatic rings. The van der Waals surface area contributed by atoms with E-state index < -0.39 is 0 Å². The second kappa shape index (κ2) is 7.58. The van der Waals surface area contributed by atoms with Crippen LogP contribution in [0.25, 0.3) is 0 Å². The molecule has 0 bridgehead atoms. The number of H-pyrrole nitrogens is 1. The van der Waals surface area contributed by atoms with E-state index in [9.17, 15) is 9.59 Å². The van der Waals surface area contributed by atoms with Crippen molar-refractivity contribution in [1.82, 2.24) is 15.2 Å². The van der Waals surface area contributed by atoms with Crippen LogP contribution in [0.15, 0.2) is 16.9 Å². The summed E-state index contributed by atoms with van der Waals surface area (Å²) in [6.45, 7) is 2.39. The number of aryl methyl sites for hydroxylation is 1. The first kappa shape index (κ1) is 16.7. The highest BCUT2D eigenvalue weighted by molar-refractivity contribution is 5.93. The number of amides is 1. The summed E-state index contributed by atoms with van der Waals surface area (Å²) in [6, 6.07) is 3.67. The van der Waals surface area contributed by atoms with Gasteiger partial charge in [0.15, 0.2) is 0 Å². The fourth-order valence-corrected chi connectivity index (χ4v) is 3.33. The number of likely N-dealkylation sites (N-methyl/N-ethyl adjacent to an activating group) is 1. The summed E-state index contributed by atoms with van der Waals surface area (Å²) in [5.74, 6) is 0.337. The number of hydrogen-bond donors (Lipinski definition) is 2. The van der Waals surface area contributed by atoms with E-state index in [1.807, 2.05) is 0 Å². The summed E-state index contributed by atoms with van der Waals surface area (Å²) in [6.07, 6.45) is 6.33. The highest BCUT2D eigenvalue weighted by Gasteiger charge is 2.26. The number of nitrogens with one attached hydrogen (secondary N) is 2. The van der Waals surface area contributed by atoms with Gasteiger partial charge in [-0.25, -0.2) is 0 Å². The largest absolute Gasteiger partial charge is 0.350 e. The summed E-state index contributed by atoms with van der Waals surface area (Å²) in [7, 11) is 4.12. The summed E-state index contributed by atoms with van der Waals surface area (Å²) >= 11 is 0. The number of carbonyl (C=O) groups is 1. The number of nitrogens with zero attached hydrogens (tertiary/aromatic N) is 1. The SMILES string of the molecule is Cc1ccc(C(=O)NC[C@H](C2CCCCC2)N(C)C)c(=O)[nH]1. The van der Waals surface area contributed by atoms with E-state index >= 15 is 0 Å². The number of carbonyl (C=O) groups excluding carboxylic acids is 1. The molecule has 1 fully saturated rings. The Bertz CT molecular complexity index is 559. The van der Waals surface area contributed by atoms with Gasteiger partial charge < -0.3 is 15.2 Å². The quantitative estimate of drug-likeness (QED) is 0.873. The molecule has 0 saturated heterocycles. The van der Waals surface area contributed by atoms with Gasteiger partial charge in [-0.1, -0.05) is 19.3 Å². The molecule has 0 aliphatic heterocycles. The summed E-state index contributed by atoms with van der Waals surface area (Å²) in [5.41, 5.74) is 0.623. The van der Waals surface area contributed by atoms with Gasteiger partial charge in [-0.05, 0) is 51.9 Å². The number of aromatic nitrogens is 1. The molecule has 1 heterocycles. The van der Waals surface area contributed by atoms with Crippen LogP contribution in [-0.4, -0.2) is 42.5 Å². The van der Waals surface area contributed by atoms with Crippen molar-refractivity contribution >= 4 is 5.91 Å². The van der Waals surface area contributed by atoms with Crippen LogP contribution in [-0.2, 0) is 0 Å². The maximum absolute atomic E-state index is 12.2. The van der Waals surface area contributed by atoms with E-state index in [0.717, 1.165) is 5.69 Å². The molecule has 1 saturated carbocycles. The lowest BCUT2D eigenvalue weighted by atomic mass is 9.83. The van der Waals surface area contributed by atoms with Crippen LogP contribution in [0.5, 0.6) is 0 Å². The third-order valence-electron chi connectivity index (χ3n) is 4.63. The molecular formula is C17H27N3O2. The standard InChI is InChI=1S/C17H27N3O2/c1-12-9-10-14(17(22)19-12)16(21)18-11-15(20(2)3)13-7-5-4-6-8-13/h9-10,13,15H,4-8,11H2,1-3H3,(H,18,21)(H,19,22)/t15-/m1/s1. The Balaban J connectivity index is 1.99. The molecular weight excluding hydrogens is 278 g/mol. The minimum atomic E-state index is -0.323. The molecule has 1 amide bonds. The van der Waals surface area contributed by atoms with Crippen LogP contribution < -0.4 is 10.9 Å². The van der Waals surface area contributed by atoms with Gasteiger partial charge in [0, 0.05) is 18.3 Å². The maximum atomic E-state index is 12.2.